The predicted molar refractivity (Wildman–Crippen MR) is 311 cm³/mol. The van der Waals surface area contributed by atoms with Crippen LogP contribution in [0.25, 0.3) is 0 Å². The molecular weight excluding hydrogens is 1020 g/mol. The molecule has 0 aliphatic carbocycles. The van der Waals surface area contributed by atoms with Crippen LogP contribution in [0.15, 0.2) is 48.5 Å². The van der Waals surface area contributed by atoms with Crippen molar-refractivity contribution in [2.45, 2.75) is 156 Å². The molecule has 1 aliphatic heterocycles. The highest BCUT2D eigenvalue weighted by atomic mass is 16.6. The van der Waals surface area contributed by atoms with E-state index in [1.165, 1.54) is 23.9 Å². The van der Waals surface area contributed by atoms with Gasteiger partial charge in [-0.3, -0.25) is 29.0 Å². The number of carbonyl (C=O) groups is 6. The first-order valence-electron chi connectivity index (χ1n) is 28.7. The van der Waals surface area contributed by atoms with E-state index in [0.29, 0.717) is 52.3 Å². The molecule has 1 heterocycles. The van der Waals surface area contributed by atoms with Crippen LogP contribution in [0.2, 0.25) is 0 Å². The summed E-state index contributed by atoms with van der Waals surface area (Å²) < 4.78 is 40.9. The van der Waals surface area contributed by atoms with Crippen LogP contribution in [-0.4, -0.2) is 206 Å². The summed E-state index contributed by atoms with van der Waals surface area (Å²) in [5.74, 6) is -3.88. The van der Waals surface area contributed by atoms with Gasteiger partial charge in [-0.2, -0.15) is 0 Å². The normalized spacial score (nSPS) is 23.6. The highest BCUT2D eigenvalue weighted by Gasteiger charge is 2.41. The zero-order valence-corrected chi connectivity index (χ0v) is 51.5. The molecule has 1 N–H and O–H groups in total. The molecule has 0 spiro atoms. The number of likely N-dealkylation sites (N-methyl/N-ethyl adjacent to an activating group) is 4. The Bertz CT molecular complexity index is 2190. The summed E-state index contributed by atoms with van der Waals surface area (Å²) in [6.45, 7) is 22.7. The summed E-state index contributed by atoms with van der Waals surface area (Å²) in [6.07, 6.45) is -3.08. The Morgan fingerprint density at radius 3 is 1.19 bits per heavy atom. The summed E-state index contributed by atoms with van der Waals surface area (Å²) in [4.78, 5) is 96.8. The molecule has 0 bridgehead atoms. The van der Waals surface area contributed by atoms with Gasteiger partial charge < -0.3 is 53.2 Å². The highest BCUT2D eigenvalue weighted by Crippen LogP contribution is 2.25. The van der Waals surface area contributed by atoms with Crippen molar-refractivity contribution in [1.29, 1.82) is 0 Å². The topological polar surface area (TPSA) is 195 Å². The average Bonchev–Trinajstić information content (AvgIpc) is 3.39. The van der Waals surface area contributed by atoms with Crippen molar-refractivity contribution in [3.05, 3.63) is 59.7 Å². The van der Waals surface area contributed by atoms with Crippen molar-refractivity contribution >= 4 is 47.1 Å². The molecule has 0 aromatic heterocycles. The molecule has 80 heavy (non-hydrogen) atoms. The fourth-order valence-electron chi connectivity index (χ4n) is 9.87. The number of hydrogen-bond donors (Lipinski definition) is 1. The zero-order chi connectivity index (χ0) is 59.8. The average molecular weight is 1130 g/mol. The Morgan fingerprint density at radius 1 is 0.500 bits per heavy atom. The third kappa shape index (κ3) is 22.9. The van der Waals surface area contributed by atoms with E-state index in [2.05, 4.69) is 10.2 Å². The second-order valence-electron chi connectivity index (χ2n) is 23.4. The van der Waals surface area contributed by atoms with Crippen LogP contribution in [0.5, 0.6) is 0 Å². The molecule has 0 radical (unpaired) electrons. The minimum atomic E-state index is -1.36. The number of methoxy groups -OCH3 is 3. The lowest BCUT2D eigenvalue weighted by Crippen LogP contribution is -2.53. The first-order chi connectivity index (χ1) is 37.8. The summed E-state index contributed by atoms with van der Waals surface area (Å²) in [5.41, 5.74) is 3.20. The van der Waals surface area contributed by atoms with E-state index < -0.39 is 84.3 Å². The van der Waals surface area contributed by atoms with Gasteiger partial charge in [-0.1, -0.05) is 79.7 Å². The van der Waals surface area contributed by atoms with Gasteiger partial charge >= 0.3 is 23.9 Å². The van der Waals surface area contributed by atoms with Gasteiger partial charge in [-0.25, -0.2) is 9.59 Å². The zero-order valence-electron chi connectivity index (χ0n) is 51.5. The molecule has 19 nitrogen and oxygen atoms in total. The lowest BCUT2D eigenvalue weighted by molar-refractivity contribution is -0.171. The van der Waals surface area contributed by atoms with Crippen molar-refractivity contribution in [2.24, 2.45) is 23.7 Å². The summed E-state index contributed by atoms with van der Waals surface area (Å²) >= 11 is 0. The Morgan fingerprint density at radius 2 is 0.838 bits per heavy atom. The van der Waals surface area contributed by atoms with E-state index in [4.69, 9.17) is 33.2 Å². The number of nitrogens with zero attached hydrogens (tertiary/aromatic N) is 5. The van der Waals surface area contributed by atoms with Gasteiger partial charge in [0.25, 0.3) is 11.8 Å². The van der Waals surface area contributed by atoms with Gasteiger partial charge in [-0.05, 0) is 113 Å². The van der Waals surface area contributed by atoms with E-state index in [9.17, 15) is 24.0 Å². The van der Waals surface area contributed by atoms with Gasteiger partial charge in [0.2, 0.25) is 0 Å². The number of nitrogens with one attached hydrogen (secondary N) is 1. The summed E-state index contributed by atoms with van der Waals surface area (Å²) in [6, 6.07) is 11.3. The van der Waals surface area contributed by atoms with Gasteiger partial charge in [0.15, 0.2) is 12.2 Å². The molecule has 1 fully saturated rings. The van der Waals surface area contributed by atoms with Crippen LogP contribution >= 0.6 is 0 Å². The Balaban J connectivity index is 2.20. The van der Waals surface area contributed by atoms with E-state index in [-0.39, 0.29) is 62.4 Å². The number of amides is 2. The first-order valence-corrected chi connectivity index (χ1v) is 28.7. The molecule has 2 aromatic carbocycles. The number of carbonyl (C=O) groups excluding carboxylic acids is 6. The van der Waals surface area contributed by atoms with Crippen molar-refractivity contribution < 1.29 is 61.9 Å². The number of cyclic esters (lactones) is 4. The number of ether oxygens (including phenoxy) is 7. The monoisotopic (exact) mass is 1120 g/mol. The molecular formula is C61H100N6O13. The second-order valence-corrected chi connectivity index (χ2v) is 23.4. The molecule has 8 unspecified atom stereocenters. The van der Waals surface area contributed by atoms with Crippen LogP contribution in [0.4, 0.5) is 11.4 Å². The minimum Gasteiger partial charge on any atom is -0.460 e. The van der Waals surface area contributed by atoms with Crippen molar-refractivity contribution in [2.75, 3.05) is 112 Å². The predicted octanol–water partition coefficient (Wildman–Crippen LogP) is 6.77. The summed E-state index contributed by atoms with van der Waals surface area (Å²) in [7, 11) is 11.5. The Hall–Kier alpha value is -5.34. The number of esters is 4. The maximum Gasteiger partial charge on any atom is 0.329 e. The largest absolute Gasteiger partial charge is 0.460 e. The maximum atomic E-state index is 15.1. The lowest BCUT2D eigenvalue weighted by atomic mass is 10.00. The van der Waals surface area contributed by atoms with Gasteiger partial charge in [0.1, 0.15) is 36.4 Å². The number of benzene rings is 2. The number of rotatable bonds is 23. The SMILES string of the molecule is COCCNc1ccc(CC2OC(=O)C(CC(C)C)N(C)CC(C)OC(=O)C(CC(C)C)N(C)C(=O)C(Cc3ccc(N(CCOC)CCOC)cc3)OC(=O)C(CC(C)C)N(C)CC(C)OC(=O)C(CC(C)C)N(C)C2=O)cc1. The van der Waals surface area contributed by atoms with Crippen molar-refractivity contribution in [1.82, 2.24) is 19.6 Å². The van der Waals surface area contributed by atoms with Crippen LogP contribution in [0.3, 0.4) is 0 Å². The molecule has 0 saturated carbocycles. The molecule has 3 rings (SSSR count). The minimum absolute atomic E-state index is 0.00114. The lowest BCUT2D eigenvalue weighted by Gasteiger charge is -2.35. The van der Waals surface area contributed by atoms with Gasteiger partial charge in [0, 0.05) is 92.4 Å². The van der Waals surface area contributed by atoms with Crippen LogP contribution in [-0.2, 0) is 74.8 Å². The fraction of sp³-hybridized carbons (Fsp3) is 0.705. The van der Waals surface area contributed by atoms with E-state index >= 15 is 4.79 Å². The molecule has 8 atom stereocenters. The van der Waals surface area contributed by atoms with Crippen LogP contribution < -0.4 is 10.2 Å². The standard InChI is InChI=1S/C61H100N6O13/c1-40(2)32-50-58(70)79-54(36-46-18-22-48(23-19-46)62-26-29-74-15)56(68)65(13)52(34-42(5)6)60(72)77-45(10)39-64(12)51(33-41(3)4)59(71)80-55(37-47-20-24-49(25-21-47)67(27-30-75-16)28-31-76-17)57(69)66(14)53(35-43(7)8)61(73)78-44(9)38-63(50)11/h18-25,40-45,50-55,62H,26-39H2,1-17H3. The van der Waals surface area contributed by atoms with Crippen molar-refractivity contribution in [3.63, 3.8) is 0 Å². The molecule has 1 saturated heterocycles. The molecule has 1 aliphatic rings. The van der Waals surface area contributed by atoms with Crippen molar-refractivity contribution in [3.8, 4) is 0 Å². The van der Waals surface area contributed by atoms with E-state index in [1.54, 1.807) is 59.1 Å². The molecule has 452 valence electrons. The van der Waals surface area contributed by atoms with E-state index in [1.807, 2.05) is 104 Å². The third-order valence-electron chi connectivity index (χ3n) is 14.2. The maximum absolute atomic E-state index is 15.1. The fourth-order valence-corrected chi connectivity index (χ4v) is 9.87. The Labute approximate surface area is 478 Å². The molecule has 19 heteroatoms. The quantitative estimate of drug-likeness (QED) is 0.0695. The number of hydrogen-bond acceptors (Lipinski definition) is 17. The van der Waals surface area contributed by atoms with E-state index in [0.717, 1.165) is 22.5 Å². The molecule has 2 aromatic rings. The third-order valence-corrected chi connectivity index (χ3v) is 14.2. The smallest absolute Gasteiger partial charge is 0.329 e. The highest BCUT2D eigenvalue weighted by molar-refractivity contribution is 5.90. The second kappa shape index (κ2) is 34.8. The molecule has 2 amide bonds. The first kappa shape index (κ1) is 68.9. The number of anilines is 2. The van der Waals surface area contributed by atoms with Crippen LogP contribution in [0, 0.1) is 23.7 Å². The Kier molecular flexibility index (Phi) is 30.0. The van der Waals surface area contributed by atoms with Crippen LogP contribution in [0.1, 0.15) is 106 Å². The van der Waals surface area contributed by atoms with Gasteiger partial charge in [-0.15, -0.1) is 0 Å². The summed E-state index contributed by atoms with van der Waals surface area (Å²) in [5, 5.41) is 3.29. The van der Waals surface area contributed by atoms with Gasteiger partial charge in [0.05, 0.1) is 19.8 Å².